The van der Waals surface area contributed by atoms with Gasteiger partial charge in [-0.2, -0.15) is 0 Å². The third-order valence-electron chi connectivity index (χ3n) is 3.02. The van der Waals surface area contributed by atoms with E-state index >= 15 is 0 Å². The van der Waals surface area contributed by atoms with Crippen LogP contribution in [0.1, 0.15) is 27.0 Å². The number of carbonyl (C=O) groups is 1. The topological polar surface area (TPSA) is 43.1 Å². The molecule has 0 heterocycles. The molecule has 18 heavy (non-hydrogen) atoms. The fourth-order valence-corrected chi connectivity index (χ4v) is 1.92. The van der Waals surface area contributed by atoms with E-state index in [0.29, 0.717) is 21.8 Å². The van der Waals surface area contributed by atoms with Crippen LogP contribution in [0.5, 0.6) is 0 Å². The zero-order valence-electron chi connectivity index (χ0n) is 10.3. The van der Waals surface area contributed by atoms with E-state index in [1.54, 1.807) is 24.3 Å². The maximum atomic E-state index is 12.3. The van der Waals surface area contributed by atoms with Crippen LogP contribution in [-0.2, 0) is 0 Å². The number of nitrogen functional groups attached to an aromatic ring is 1. The van der Waals surface area contributed by atoms with Gasteiger partial charge in [0.2, 0.25) is 0 Å². The quantitative estimate of drug-likeness (QED) is 0.659. The van der Waals surface area contributed by atoms with E-state index in [0.717, 1.165) is 11.1 Å². The van der Waals surface area contributed by atoms with E-state index in [4.69, 9.17) is 17.3 Å². The molecule has 2 rings (SSSR count). The third kappa shape index (κ3) is 2.39. The van der Waals surface area contributed by atoms with Gasteiger partial charge in [-0.25, -0.2) is 0 Å². The van der Waals surface area contributed by atoms with E-state index in [2.05, 4.69) is 0 Å². The fourth-order valence-electron chi connectivity index (χ4n) is 1.79. The summed E-state index contributed by atoms with van der Waals surface area (Å²) in [6, 6.07) is 10.5. The molecule has 2 nitrogen and oxygen atoms in total. The first kappa shape index (κ1) is 12.7. The Morgan fingerprint density at radius 3 is 2.22 bits per heavy atom. The molecule has 0 aliphatic carbocycles. The summed E-state index contributed by atoms with van der Waals surface area (Å²) in [6.07, 6.45) is 0. The van der Waals surface area contributed by atoms with Gasteiger partial charge in [-0.15, -0.1) is 0 Å². The third-order valence-corrected chi connectivity index (χ3v) is 3.27. The van der Waals surface area contributed by atoms with Gasteiger partial charge in [0, 0.05) is 21.8 Å². The fraction of sp³-hybridized carbons (Fsp3) is 0.133. The van der Waals surface area contributed by atoms with Crippen LogP contribution >= 0.6 is 11.6 Å². The molecule has 92 valence electrons. The molecule has 0 aromatic heterocycles. The maximum Gasteiger partial charge on any atom is 0.195 e. The molecule has 0 fully saturated rings. The summed E-state index contributed by atoms with van der Waals surface area (Å²) in [7, 11) is 0. The van der Waals surface area contributed by atoms with Crippen molar-refractivity contribution < 1.29 is 4.79 Å². The molecule has 2 aromatic carbocycles. The smallest absolute Gasteiger partial charge is 0.195 e. The van der Waals surface area contributed by atoms with E-state index in [1.165, 1.54) is 0 Å². The number of aryl methyl sites for hydroxylation is 2. The summed E-state index contributed by atoms with van der Waals surface area (Å²) >= 11 is 5.80. The molecule has 3 heteroatoms. The van der Waals surface area contributed by atoms with Crippen molar-refractivity contribution in [2.45, 2.75) is 13.8 Å². The average Bonchev–Trinajstić information content (AvgIpc) is 2.34. The van der Waals surface area contributed by atoms with Crippen LogP contribution in [0.25, 0.3) is 0 Å². The van der Waals surface area contributed by atoms with Gasteiger partial charge in [0.05, 0.1) is 0 Å². The molecular weight excluding hydrogens is 246 g/mol. The van der Waals surface area contributed by atoms with Gasteiger partial charge in [0.25, 0.3) is 0 Å². The predicted octanol–water partition coefficient (Wildman–Crippen LogP) is 3.77. The molecule has 0 unspecified atom stereocenters. The van der Waals surface area contributed by atoms with Crippen molar-refractivity contribution in [2.75, 3.05) is 5.73 Å². The number of hydrogen-bond donors (Lipinski definition) is 1. The van der Waals surface area contributed by atoms with Crippen molar-refractivity contribution in [3.8, 4) is 0 Å². The molecule has 2 aromatic rings. The highest BCUT2D eigenvalue weighted by Gasteiger charge is 2.13. The van der Waals surface area contributed by atoms with Crippen molar-refractivity contribution >= 4 is 23.1 Å². The van der Waals surface area contributed by atoms with Crippen LogP contribution < -0.4 is 5.73 Å². The van der Waals surface area contributed by atoms with Crippen molar-refractivity contribution in [1.29, 1.82) is 0 Å². The number of nitrogens with two attached hydrogens (primary N) is 1. The van der Waals surface area contributed by atoms with Crippen molar-refractivity contribution in [3.63, 3.8) is 0 Å². The van der Waals surface area contributed by atoms with E-state index in [-0.39, 0.29) is 5.78 Å². The molecule has 2 N–H and O–H groups in total. The van der Waals surface area contributed by atoms with Crippen LogP contribution in [0.3, 0.4) is 0 Å². The lowest BCUT2D eigenvalue weighted by atomic mass is 9.97. The van der Waals surface area contributed by atoms with Crippen LogP contribution in [0.2, 0.25) is 5.02 Å². The summed E-state index contributed by atoms with van der Waals surface area (Å²) in [5, 5.41) is 0.611. The van der Waals surface area contributed by atoms with Crippen LogP contribution in [0, 0.1) is 13.8 Å². The molecule has 0 amide bonds. The number of halogens is 1. The van der Waals surface area contributed by atoms with E-state index < -0.39 is 0 Å². The first-order valence-electron chi connectivity index (χ1n) is 5.66. The zero-order valence-corrected chi connectivity index (χ0v) is 11.1. The van der Waals surface area contributed by atoms with Gasteiger partial charge >= 0.3 is 0 Å². The number of benzene rings is 2. The van der Waals surface area contributed by atoms with Gasteiger partial charge < -0.3 is 5.73 Å². The maximum absolute atomic E-state index is 12.3. The Labute approximate surface area is 111 Å². The lowest BCUT2D eigenvalue weighted by Gasteiger charge is -2.08. The second kappa shape index (κ2) is 4.83. The number of anilines is 1. The molecular formula is C15H14ClNO. The minimum Gasteiger partial charge on any atom is -0.398 e. The SMILES string of the molecule is Cc1cc(N)c(C(=O)c2ccc(Cl)cc2)cc1C. The molecule has 0 aliphatic rings. The van der Waals surface area contributed by atoms with Crippen molar-refractivity contribution in [1.82, 2.24) is 0 Å². The Kier molecular flexibility index (Phi) is 3.39. The molecule has 0 radical (unpaired) electrons. The van der Waals surface area contributed by atoms with Crippen LogP contribution in [0.15, 0.2) is 36.4 Å². The summed E-state index contributed by atoms with van der Waals surface area (Å²) in [4.78, 5) is 12.3. The van der Waals surface area contributed by atoms with Gasteiger partial charge in [-0.1, -0.05) is 11.6 Å². The van der Waals surface area contributed by atoms with Gasteiger partial charge in [0.1, 0.15) is 0 Å². The largest absolute Gasteiger partial charge is 0.398 e. The monoisotopic (exact) mass is 259 g/mol. The Morgan fingerprint density at radius 2 is 1.61 bits per heavy atom. The Balaban J connectivity index is 2.46. The Hall–Kier alpha value is -1.80. The summed E-state index contributed by atoms with van der Waals surface area (Å²) in [6.45, 7) is 3.94. The lowest BCUT2D eigenvalue weighted by Crippen LogP contribution is -2.06. The van der Waals surface area contributed by atoms with Crippen molar-refractivity contribution in [2.24, 2.45) is 0 Å². The zero-order chi connectivity index (χ0) is 13.3. The van der Waals surface area contributed by atoms with E-state index in [9.17, 15) is 4.79 Å². The number of rotatable bonds is 2. The number of ketones is 1. The van der Waals surface area contributed by atoms with Gasteiger partial charge in [0.15, 0.2) is 5.78 Å². The number of hydrogen-bond acceptors (Lipinski definition) is 2. The molecule has 0 atom stereocenters. The summed E-state index contributed by atoms with van der Waals surface area (Å²) in [5.74, 6) is -0.0766. The highest BCUT2D eigenvalue weighted by atomic mass is 35.5. The first-order chi connectivity index (χ1) is 8.49. The van der Waals surface area contributed by atoms with Crippen molar-refractivity contribution in [3.05, 3.63) is 63.7 Å². The predicted molar refractivity (Wildman–Crippen MR) is 75.2 cm³/mol. The standard InChI is InChI=1S/C15H14ClNO/c1-9-7-13(14(17)8-10(9)2)15(18)11-3-5-12(16)6-4-11/h3-8H,17H2,1-2H3. The normalized spacial score (nSPS) is 10.4. The summed E-state index contributed by atoms with van der Waals surface area (Å²) < 4.78 is 0. The molecule has 0 bridgehead atoms. The molecule has 0 saturated heterocycles. The highest BCUT2D eigenvalue weighted by Crippen LogP contribution is 2.22. The minimum absolute atomic E-state index is 0.0766. The lowest BCUT2D eigenvalue weighted by molar-refractivity contribution is 0.103. The second-order valence-electron chi connectivity index (χ2n) is 4.36. The number of carbonyl (C=O) groups excluding carboxylic acids is 1. The van der Waals surface area contributed by atoms with Gasteiger partial charge in [-0.3, -0.25) is 4.79 Å². The summed E-state index contributed by atoms with van der Waals surface area (Å²) in [5.41, 5.74) is 9.70. The Bertz CT molecular complexity index is 603. The average molecular weight is 260 g/mol. The van der Waals surface area contributed by atoms with Gasteiger partial charge in [-0.05, 0) is 61.4 Å². The van der Waals surface area contributed by atoms with Crippen LogP contribution in [-0.4, -0.2) is 5.78 Å². The van der Waals surface area contributed by atoms with Crippen LogP contribution in [0.4, 0.5) is 5.69 Å². The Morgan fingerprint density at radius 1 is 1.06 bits per heavy atom. The minimum atomic E-state index is -0.0766. The highest BCUT2D eigenvalue weighted by molar-refractivity contribution is 6.30. The van der Waals surface area contributed by atoms with E-state index in [1.807, 2.05) is 26.0 Å². The molecule has 0 aliphatic heterocycles. The molecule has 0 spiro atoms. The molecule has 0 saturated carbocycles. The first-order valence-corrected chi connectivity index (χ1v) is 6.04. The second-order valence-corrected chi connectivity index (χ2v) is 4.80.